The number of anilines is 1. The zero-order valence-electron chi connectivity index (χ0n) is 12.5. The molecular weight excluding hydrogens is 250 g/mol. The molecule has 0 fully saturated rings. The van der Waals surface area contributed by atoms with E-state index in [0.717, 1.165) is 25.9 Å². The minimum atomic E-state index is 0.0870. The standard InChI is InChI=1S/C16H25N3O/c1-12(17)13-7-8-15-14(11-13)5-3-9-19(15)10-4-6-16(20)18-2/h7-8,11-12H,3-6,9-10,17H2,1-2H3,(H,18,20). The number of nitrogens with zero attached hydrogens (tertiary/aromatic N) is 1. The lowest BCUT2D eigenvalue weighted by Gasteiger charge is -2.32. The lowest BCUT2D eigenvalue weighted by Crippen LogP contribution is -2.31. The smallest absolute Gasteiger partial charge is 0.219 e. The summed E-state index contributed by atoms with van der Waals surface area (Å²) in [5.41, 5.74) is 9.87. The fourth-order valence-corrected chi connectivity index (χ4v) is 2.77. The molecule has 4 nitrogen and oxygen atoms in total. The van der Waals surface area contributed by atoms with Crippen molar-refractivity contribution in [1.82, 2.24) is 5.32 Å². The monoisotopic (exact) mass is 275 g/mol. The highest BCUT2D eigenvalue weighted by molar-refractivity contribution is 5.75. The van der Waals surface area contributed by atoms with Crippen LogP contribution >= 0.6 is 0 Å². The summed E-state index contributed by atoms with van der Waals surface area (Å²) in [6, 6.07) is 6.64. The van der Waals surface area contributed by atoms with E-state index in [4.69, 9.17) is 5.73 Å². The van der Waals surface area contributed by atoms with Crippen molar-refractivity contribution in [1.29, 1.82) is 0 Å². The van der Waals surface area contributed by atoms with Crippen LogP contribution in [0.5, 0.6) is 0 Å². The molecule has 1 heterocycles. The largest absolute Gasteiger partial charge is 0.371 e. The van der Waals surface area contributed by atoms with E-state index in [1.54, 1.807) is 7.05 Å². The highest BCUT2D eigenvalue weighted by Crippen LogP contribution is 2.29. The molecule has 2 rings (SSSR count). The summed E-state index contributed by atoms with van der Waals surface area (Å²) in [6.07, 6.45) is 3.80. The van der Waals surface area contributed by atoms with Crippen molar-refractivity contribution in [2.45, 2.75) is 38.6 Å². The predicted molar refractivity (Wildman–Crippen MR) is 82.9 cm³/mol. The summed E-state index contributed by atoms with van der Waals surface area (Å²) >= 11 is 0. The summed E-state index contributed by atoms with van der Waals surface area (Å²) < 4.78 is 0. The minimum absolute atomic E-state index is 0.0870. The second kappa shape index (κ2) is 6.75. The SMILES string of the molecule is CNC(=O)CCCN1CCCc2cc(C(C)N)ccc21. The molecule has 0 aromatic heterocycles. The maximum atomic E-state index is 11.3. The number of amides is 1. The fourth-order valence-electron chi connectivity index (χ4n) is 2.77. The van der Waals surface area contributed by atoms with E-state index in [-0.39, 0.29) is 11.9 Å². The second-order valence-corrected chi connectivity index (χ2v) is 5.54. The number of carbonyl (C=O) groups excluding carboxylic acids is 1. The Kier molecular flexibility index (Phi) is 5.01. The Morgan fingerprint density at radius 1 is 1.50 bits per heavy atom. The van der Waals surface area contributed by atoms with Gasteiger partial charge >= 0.3 is 0 Å². The molecule has 1 amide bonds. The number of fused-ring (bicyclic) bond motifs is 1. The molecular formula is C16H25N3O. The maximum absolute atomic E-state index is 11.3. The molecule has 0 saturated carbocycles. The quantitative estimate of drug-likeness (QED) is 0.864. The van der Waals surface area contributed by atoms with E-state index in [9.17, 15) is 4.79 Å². The van der Waals surface area contributed by atoms with Crippen LogP contribution in [0.1, 0.15) is 43.4 Å². The van der Waals surface area contributed by atoms with Gasteiger partial charge < -0.3 is 16.0 Å². The number of aryl methyl sites for hydroxylation is 1. The number of nitrogens with one attached hydrogen (secondary N) is 1. The van der Waals surface area contributed by atoms with Crippen LogP contribution in [0.2, 0.25) is 0 Å². The van der Waals surface area contributed by atoms with Crippen molar-refractivity contribution in [3.63, 3.8) is 0 Å². The molecule has 110 valence electrons. The normalized spacial score (nSPS) is 15.7. The molecule has 4 heteroatoms. The van der Waals surface area contributed by atoms with Gasteiger partial charge in [0.2, 0.25) is 5.91 Å². The molecule has 0 bridgehead atoms. The molecule has 3 N–H and O–H groups in total. The fraction of sp³-hybridized carbons (Fsp3) is 0.562. The van der Waals surface area contributed by atoms with Gasteiger partial charge in [-0.2, -0.15) is 0 Å². The Hall–Kier alpha value is -1.55. The van der Waals surface area contributed by atoms with Gasteiger partial charge in [-0.3, -0.25) is 4.79 Å². The van der Waals surface area contributed by atoms with Crippen molar-refractivity contribution in [3.8, 4) is 0 Å². The average molecular weight is 275 g/mol. The van der Waals surface area contributed by atoms with Crippen LogP contribution in [0, 0.1) is 0 Å². The first-order chi connectivity index (χ1) is 9.61. The highest BCUT2D eigenvalue weighted by Gasteiger charge is 2.17. The van der Waals surface area contributed by atoms with Gasteiger partial charge in [-0.25, -0.2) is 0 Å². The molecule has 1 aromatic carbocycles. The first-order valence-electron chi connectivity index (χ1n) is 7.45. The van der Waals surface area contributed by atoms with Crippen LogP contribution in [-0.2, 0) is 11.2 Å². The average Bonchev–Trinajstić information content (AvgIpc) is 2.46. The van der Waals surface area contributed by atoms with Crippen LogP contribution in [0.15, 0.2) is 18.2 Å². The third kappa shape index (κ3) is 3.51. The van der Waals surface area contributed by atoms with Gasteiger partial charge in [0, 0.05) is 38.3 Å². The Bertz CT molecular complexity index is 471. The van der Waals surface area contributed by atoms with Crippen LogP contribution < -0.4 is 16.0 Å². The molecule has 0 saturated heterocycles. The molecule has 1 aromatic rings. The Morgan fingerprint density at radius 3 is 3.00 bits per heavy atom. The van der Waals surface area contributed by atoms with Crippen LogP contribution in [0.3, 0.4) is 0 Å². The summed E-state index contributed by atoms with van der Waals surface area (Å²) in [6.45, 7) is 4.04. The third-order valence-electron chi connectivity index (χ3n) is 3.95. The van der Waals surface area contributed by atoms with Gasteiger partial charge in [0.1, 0.15) is 0 Å². The maximum Gasteiger partial charge on any atom is 0.219 e. The van der Waals surface area contributed by atoms with Gasteiger partial charge in [-0.1, -0.05) is 12.1 Å². The van der Waals surface area contributed by atoms with Gasteiger partial charge in [0.05, 0.1) is 0 Å². The van der Waals surface area contributed by atoms with Gasteiger partial charge in [0.25, 0.3) is 0 Å². The van der Waals surface area contributed by atoms with E-state index in [1.807, 2.05) is 6.92 Å². The molecule has 1 unspecified atom stereocenters. The van der Waals surface area contributed by atoms with E-state index >= 15 is 0 Å². The zero-order chi connectivity index (χ0) is 14.5. The van der Waals surface area contributed by atoms with Crippen molar-refractivity contribution in [2.24, 2.45) is 5.73 Å². The Balaban J connectivity index is 2.03. The summed E-state index contributed by atoms with van der Waals surface area (Å²) in [4.78, 5) is 13.7. The molecule has 1 aliphatic heterocycles. The number of benzene rings is 1. The van der Waals surface area contributed by atoms with E-state index in [1.165, 1.54) is 23.2 Å². The molecule has 0 radical (unpaired) electrons. The van der Waals surface area contributed by atoms with Crippen molar-refractivity contribution in [2.75, 3.05) is 25.0 Å². The van der Waals surface area contributed by atoms with Crippen molar-refractivity contribution >= 4 is 11.6 Å². The Labute approximate surface area is 121 Å². The predicted octanol–water partition coefficient (Wildman–Crippen LogP) is 1.99. The lowest BCUT2D eigenvalue weighted by atomic mass is 9.97. The first-order valence-corrected chi connectivity index (χ1v) is 7.45. The van der Waals surface area contributed by atoms with Crippen molar-refractivity contribution in [3.05, 3.63) is 29.3 Å². The van der Waals surface area contributed by atoms with Crippen LogP contribution in [0.25, 0.3) is 0 Å². The number of rotatable bonds is 5. The lowest BCUT2D eigenvalue weighted by molar-refractivity contribution is -0.120. The number of carbonyl (C=O) groups is 1. The molecule has 1 aliphatic rings. The van der Waals surface area contributed by atoms with Crippen LogP contribution in [0.4, 0.5) is 5.69 Å². The minimum Gasteiger partial charge on any atom is -0.371 e. The van der Waals surface area contributed by atoms with Gasteiger partial charge in [0.15, 0.2) is 0 Å². The molecule has 0 aliphatic carbocycles. The van der Waals surface area contributed by atoms with E-state index in [0.29, 0.717) is 6.42 Å². The first kappa shape index (κ1) is 14.9. The van der Waals surface area contributed by atoms with Gasteiger partial charge in [-0.05, 0) is 43.4 Å². The van der Waals surface area contributed by atoms with E-state index < -0.39 is 0 Å². The molecule has 1 atom stereocenters. The summed E-state index contributed by atoms with van der Waals surface area (Å²) in [5.74, 6) is 0.120. The molecule has 0 spiro atoms. The third-order valence-corrected chi connectivity index (χ3v) is 3.95. The van der Waals surface area contributed by atoms with Crippen molar-refractivity contribution < 1.29 is 4.79 Å². The topological polar surface area (TPSA) is 58.4 Å². The summed E-state index contributed by atoms with van der Waals surface area (Å²) in [7, 11) is 1.69. The summed E-state index contributed by atoms with van der Waals surface area (Å²) in [5, 5.41) is 2.67. The van der Waals surface area contributed by atoms with Gasteiger partial charge in [-0.15, -0.1) is 0 Å². The zero-order valence-corrected chi connectivity index (χ0v) is 12.5. The second-order valence-electron chi connectivity index (χ2n) is 5.54. The van der Waals surface area contributed by atoms with E-state index in [2.05, 4.69) is 28.4 Å². The number of nitrogens with two attached hydrogens (primary N) is 1. The van der Waals surface area contributed by atoms with Crippen LogP contribution in [-0.4, -0.2) is 26.0 Å². The number of hydrogen-bond acceptors (Lipinski definition) is 3. The highest BCUT2D eigenvalue weighted by atomic mass is 16.1. The Morgan fingerprint density at radius 2 is 2.30 bits per heavy atom. The number of hydrogen-bond donors (Lipinski definition) is 2. The molecule has 20 heavy (non-hydrogen) atoms.